The third-order valence-corrected chi connectivity index (χ3v) is 8.20. The lowest BCUT2D eigenvalue weighted by atomic mass is 10.2. The summed E-state index contributed by atoms with van der Waals surface area (Å²) in [6.45, 7) is 2.41. The van der Waals surface area contributed by atoms with Crippen LogP contribution in [0.5, 0.6) is 0 Å². The van der Waals surface area contributed by atoms with Gasteiger partial charge in [-0.05, 0) is 54.9 Å². The van der Waals surface area contributed by atoms with Gasteiger partial charge in [-0.1, -0.05) is 24.3 Å². The molecular weight excluding hydrogens is 488 g/mol. The number of hydrogen-bond acceptors (Lipinski definition) is 8. The van der Waals surface area contributed by atoms with Crippen molar-refractivity contribution in [2.45, 2.75) is 16.2 Å². The van der Waals surface area contributed by atoms with E-state index in [-0.39, 0.29) is 9.79 Å². The molecule has 0 radical (unpaired) electrons. The molecule has 2 heterocycles. The molecule has 1 aliphatic heterocycles. The molecule has 184 valence electrons. The molecule has 0 aliphatic carbocycles. The first-order valence-electron chi connectivity index (χ1n) is 10.9. The van der Waals surface area contributed by atoms with Gasteiger partial charge in [0.1, 0.15) is 0 Å². The van der Waals surface area contributed by atoms with Gasteiger partial charge in [0, 0.05) is 43.3 Å². The minimum absolute atomic E-state index is 0.0395. The normalized spacial score (nSPS) is 15.7. The minimum Gasteiger partial charge on any atom is -0.324 e. The van der Waals surface area contributed by atoms with Crippen molar-refractivity contribution in [1.29, 1.82) is 0 Å². The Kier molecular flexibility index (Phi) is 7.57. The maximum Gasteiger partial charge on any atom is 0.243 e. The lowest BCUT2D eigenvalue weighted by Gasteiger charge is -2.19. The fourth-order valence-corrected chi connectivity index (χ4v) is 5.57. The van der Waals surface area contributed by atoms with E-state index >= 15 is 0 Å². The summed E-state index contributed by atoms with van der Waals surface area (Å²) in [6.07, 6.45) is 7.50. The molecule has 12 heteroatoms. The summed E-state index contributed by atoms with van der Waals surface area (Å²) in [7, 11) is -7.30. The van der Waals surface area contributed by atoms with Gasteiger partial charge in [0.2, 0.25) is 26.0 Å². The maximum absolute atomic E-state index is 12.9. The zero-order valence-electron chi connectivity index (χ0n) is 18.8. The Morgan fingerprint density at radius 1 is 0.886 bits per heavy atom. The van der Waals surface area contributed by atoms with Crippen molar-refractivity contribution in [1.82, 2.24) is 19.6 Å². The standard InChI is InChI=1S/C23H26N6O4S2/c24-34(30,31)22-4-1-3-18(15-22)5-6-19-16-26-23(27-17-19)28-20-7-9-21(10-8-20)35(32,33)29-13-2-11-25-12-14-29/h1,3-10,15-17,25H,2,11-14H2,(H2,24,30,31)(H,26,27,28)/b6-5+. The second-order valence-corrected chi connectivity index (χ2v) is 11.4. The molecule has 4 rings (SSSR count). The molecule has 0 bridgehead atoms. The highest BCUT2D eigenvalue weighted by atomic mass is 32.2. The Hall–Kier alpha value is -3.16. The van der Waals surface area contributed by atoms with Crippen LogP contribution in [0.25, 0.3) is 12.2 Å². The summed E-state index contributed by atoms with van der Waals surface area (Å²) < 4.78 is 50.3. The maximum atomic E-state index is 12.9. The van der Waals surface area contributed by atoms with Crippen molar-refractivity contribution in [3.05, 3.63) is 72.1 Å². The molecule has 4 N–H and O–H groups in total. The number of sulfonamides is 2. The van der Waals surface area contributed by atoms with Gasteiger partial charge in [0.15, 0.2) is 0 Å². The summed E-state index contributed by atoms with van der Waals surface area (Å²) in [5, 5.41) is 11.4. The first kappa shape index (κ1) is 24.9. The largest absolute Gasteiger partial charge is 0.324 e. The topological polar surface area (TPSA) is 147 Å². The monoisotopic (exact) mass is 514 g/mol. The van der Waals surface area contributed by atoms with E-state index in [1.54, 1.807) is 60.9 Å². The molecule has 1 saturated heterocycles. The summed E-state index contributed by atoms with van der Waals surface area (Å²) >= 11 is 0. The van der Waals surface area contributed by atoms with Gasteiger partial charge in [-0.15, -0.1) is 0 Å². The van der Waals surface area contributed by atoms with Gasteiger partial charge < -0.3 is 10.6 Å². The third-order valence-electron chi connectivity index (χ3n) is 5.37. The number of primary sulfonamides is 1. The molecule has 0 atom stereocenters. The Morgan fingerprint density at radius 3 is 2.31 bits per heavy atom. The fourth-order valence-electron chi connectivity index (χ4n) is 3.53. The molecule has 2 aromatic carbocycles. The zero-order chi connectivity index (χ0) is 24.9. The van der Waals surface area contributed by atoms with E-state index in [1.807, 2.05) is 0 Å². The van der Waals surface area contributed by atoms with E-state index < -0.39 is 20.0 Å². The Labute approximate surface area is 205 Å². The number of hydrogen-bond donors (Lipinski definition) is 3. The van der Waals surface area contributed by atoms with Crippen LogP contribution in [-0.4, -0.2) is 57.3 Å². The molecule has 0 saturated carbocycles. The summed E-state index contributed by atoms with van der Waals surface area (Å²) in [5.41, 5.74) is 2.04. The Balaban J connectivity index is 1.40. The van der Waals surface area contributed by atoms with E-state index in [9.17, 15) is 16.8 Å². The highest BCUT2D eigenvalue weighted by Crippen LogP contribution is 2.21. The highest BCUT2D eigenvalue weighted by Gasteiger charge is 2.24. The van der Waals surface area contributed by atoms with Crippen molar-refractivity contribution in [2.75, 3.05) is 31.5 Å². The van der Waals surface area contributed by atoms with E-state index in [0.717, 1.165) is 13.0 Å². The van der Waals surface area contributed by atoms with Crippen LogP contribution in [0.3, 0.4) is 0 Å². The number of rotatable bonds is 7. The molecule has 35 heavy (non-hydrogen) atoms. The van der Waals surface area contributed by atoms with Gasteiger partial charge in [0.05, 0.1) is 9.79 Å². The zero-order valence-corrected chi connectivity index (χ0v) is 20.5. The van der Waals surface area contributed by atoms with Crippen molar-refractivity contribution in [3.8, 4) is 0 Å². The molecule has 10 nitrogen and oxygen atoms in total. The highest BCUT2D eigenvalue weighted by molar-refractivity contribution is 7.89. The smallest absolute Gasteiger partial charge is 0.243 e. The molecule has 0 unspecified atom stereocenters. The van der Waals surface area contributed by atoms with Crippen LogP contribution in [0.4, 0.5) is 11.6 Å². The number of nitrogens with two attached hydrogens (primary N) is 1. The molecule has 3 aromatic rings. The number of benzene rings is 2. The van der Waals surface area contributed by atoms with Crippen molar-refractivity contribution in [2.24, 2.45) is 5.14 Å². The van der Waals surface area contributed by atoms with Crippen LogP contribution < -0.4 is 15.8 Å². The van der Waals surface area contributed by atoms with Crippen molar-refractivity contribution < 1.29 is 16.8 Å². The molecule has 1 aromatic heterocycles. The lowest BCUT2D eigenvalue weighted by molar-refractivity contribution is 0.432. The first-order chi connectivity index (χ1) is 16.7. The van der Waals surface area contributed by atoms with E-state index in [0.29, 0.717) is 42.4 Å². The second kappa shape index (κ2) is 10.6. The molecule has 1 fully saturated rings. The van der Waals surface area contributed by atoms with Gasteiger partial charge in [0.25, 0.3) is 0 Å². The molecule has 0 spiro atoms. The van der Waals surface area contributed by atoms with Gasteiger partial charge in [-0.2, -0.15) is 4.31 Å². The SMILES string of the molecule is NS(=O)(=O)c1cccc(/C=C/c2cnc(Nc3ccc(S(=O)(=O)N4CCCNCC4)cc3)nc2)c1. The van der Waals surface area contributed by atoms with Crippen molar-refractivity contribution >= 4 is 43.8 Å². The number of aromatic nitrogens is 2. The van der Waals surface area contributed by atoms with Crippen molar-refractivity contribution in [3.63, 3.8) is 0 Å². The molecule has 0 amide bonds. The van der Waals surface area contributed by atoms with E-state index in [4.69, 9.17) is 5.14 Å². The van der Waals surface area contributed by atoms with Gasteiger partial charge in [-0.25, -0.2) is 31.9 Å². The summed E-state index contributed by atoms with van der Waals surface area (Å²) in [5.74, 6) is 0.354. The number of nitrogens with zero attached hydrogens (tertiary/aromatic N) is 3. The second-order valence-electron chi connectivity index (χ2n) is 7.95. The average molecular weight is 515 g/mol. The lowest BCUT2D eigenvalue weighted by Crippen LogP contribution is -2.34. The van der Waals surface area contributed by atoms with Crippen LogP contribution in [-0.2, 0) is 20.0 Å². The summed E-state index contributed by atoms with van der Waals surface area (Å²) in [4.78, 5) is 8.84. The Bertz CT molecular complexity index is 1400. The Morgan fingerprint density at radius 2 is 1.60 bits per heavy atom. The minimum atomic E-state index is -3.77. The van der Waals surface area contributed by atoms with Gasteiger partial charge >= 0.3 is 0 Å². The number of anilines is 2. The molecular formula is C23H26N6O4S2. The number of nitrogens with one attached hydrogen (secondary N) is 2. The summed E-state index contributed by atoms with van der Waals surface area (Å²) in [6, 6.07) is 12.8. The van der Waals surface area contributed by atoms with E-state index in [2.05, 4.69) is 20.6 Å². The van der Waals surface area contributed by atoms with E-state index in [1.165, 1.54) is 16.4 Å². The van der Waals surface area contributed by atoms with Gasteiger partial charge in [-0.3, -0.25) is 0 Å². The predicted octanol–water partition coefficient (Wildman–Crippen LogP) is 2.02. The van der Waals surface area contributed by atoms with Crippen LogP contribution in [0.2, 0.25) is 0 Å². The quantitative estimate of drug-likeness (QED) is 0.434. The van der Waals surface area contributed by atoms with Crippen LogP contribution >= 0.6 is 0 Å². The predicted molar refractivity (Wildman–Crippen MR) is 135 cm³/mol. The van der Waals surface area contributed by atoms with Crippen LogP contribution in [0, 0.1) is 0 Å². The molecule has 1 aliphatic rings. The first-order valence-corrected chi connectivity index (χ1v) is 13.9. The third kappa shape index (κ3) is 6.50. The van der Waals surface area contributed by atoms with Crippen LogP contribution in [0.1, 0.15) is 17.5 Å². The fraction of sp³-hybridized carbons (Fsp3) is 0.217. The van der Waals surface area contributed by atoms with Crippen LogP contribution in [0.15, 0.2) is 70.7 Å². The average Bonchev–Trinajstić information content (AvgIpc) is 3.14.